The molecule has 1 atom stereocenters. The van der Waals surface area contributed by atoms with Crippen LogP contribution in [-0.2, 0) is 16.1 Å². The third-order valence-electron chi connectivity index (χ3n) is 3.73. The first-order valence-electron chi connectivity index (χ1n) is 6.76. The normalized spacial score (nSPS) is 21.1. The van der Waals surface area contributed by atoms with Gasteiger partial charge >= 0.3 is 5.97 Å². The van der Waals surface area contributed by atoms with E-state index in [0.29, 0.717) is 0 Å². The van der Waals surface area contributed by atoms with Gasteiger partial charge in [-0.05, 0) is 31.0 Å². The molecule has 0 radical (unpaired) electrons. The molecule has 108 valence electrons. The largest absolute Gasteiger partial charge is 0.497 e. The van der Waals surface area contributed by atoms with Crippen LogP contribution in [0.4, 0.5) is 0 Å². The molecule has 20 heavy (non-hydrogen) atoms. The van der Waals surface area contributed by atoms with E-state index in [1.165, 1.54) is 12.7 Å². The first-order valence-corrected chi connectivity index (χ1v) is 6.76. The van der Waals surface area contributed by atoms with Crippen molar-refractivity contribution in [2.75, 3.05) is 20.8 Å². The summed E-state index contributed by atoms with van der Waals surface area (Å²) in [5.74, 6) is 0.684. The lowest BCUT2D eigenvalue weighted by atomic mass is 10.1. The van der Waals surface area contributed by atoms with E-state index in [1.54, 1.807) is 7.11 Å². The first-order chi connectivity index (χ1) is 9.67. The number of benzene rings is 1. The molecule has 4 heteroatoms. The van der Waals surface area contributed by atoms with E-state index in [9.17, 15) is 4.79 Å². The van der Waals surface area contributed by atoms with Gasteiger partial charge in [-0.3, -0.25) is 9.69 Å². The smallest absolute Gasteiger partial charge is 0.323 e. The zero-order valence-electron chi connectivity index (χ0n) is 12.3. The minimum atomic E-state index is -0.173. The number of rotatable bonds is 4. The zero-order chi connectivity index (χ0) is 14.5. The van der Waals surface area contributed by atoms with Crippen molar-refractivity contribution in [3.8, 4) is 5.75 Å². The second-order valence-corrected chi connectivity index (χ2v) is 4.94. The molecule has 0 aromatic heterocycles. The molecule has 0 spiro atoms. The van der Waals surface area contributed by atoms with Crippen LogP contribution < -0.4 is 4.74 Å². The first kappa shape index (κ1) is 14.6. The van der Waals surface area contributed by atoms with Crippen molar-refractivity contribution in [1.29, 1.82) is 0 Å². The van der Waals surface area contributed by atoms with E-state index < -0.39 is 0 Å². The lowest BCUT2D eigenvalue weighted by Crippen LogP contribution is -2.36. The van der Waals surface area contributed by atoms with Crippen molar-refractivity contribution in [1.82, 2.24) is 4.90 Å². The minimum absolute atomic E-state index is 0.157. The Labute approximate surface area is 120 Å². The Kier molecular flexibility index (Phi) is 4.79. The Balaban J connectivity index is 2.10. The predicted molar refractivity (Wildman–Crippen MR) is 77.6 cm³/mol. The summed E-state index contributed by atoms with van der Waals surface area (Å²) in [5.41, 5.74) is 2.45. The molecule has 0 unspecified atom stereocenters. The van der Waals surface area contributed by atoms with Gasteiger partial charge in [-0.1, -0.05) is 23.8 Å². The maximum atomic E-state index is 11.9. The van der Waals surface area contributed by atoms with Crippen LogP contribution in [0.5, 0.6) is 5.75 Å². The monoisotopic (exact) mass is 275 g/mol. The molecule has 1 aromatic carbocycles. The number of ether oxygens (including phenoxy) is 2. The van der Waals surface area contributed by atoms with Crippen LogP contribution in [0.15, 0.2) is 35.9 Å². The van der Waals surface area contributed by atoms with Crippen molar-refractivity contribution < 1.29 is 14.3 Å². The van der Waals surface area contributed by atoms with Crippen LogP contribution in [-0.4, -0.2) is 37.7 Å². The van der Waals surface area contributed by atoms with Crippen molar-refractivity contribution in [3.05, 3.63) is 41.5 Å². The summed E-state index contributed by atoms with van der Waals surface area (Å²) < 4.78 is 10.1. The zero-order valence-corrected chi connectivity index (χ0v) is 12.3. The molecular formula is C16H21NO3. The second kappa shape index (κ2) is 6.57. The number of methoxy groups -OCH3 is 2. The number of hydrogen-bond donors (Lipinski definition) is 0. The number of allylic oxidation sites excluding steroid dienone is 1. The van der Waals surface area contributed by atoms with E-state index in [0.717, 1.165) is 30.8 Å². The molecule has 1 fully saturated rings. The van der Waals surface area contributed by atoms with Crippen molar-refractivity contribution in [2.24, 2.45) is 0 Å². The van der Waals surface area contributed by atoms with Gasteiger partial charge in [0, 0.05) is 13.1 Å². The maximum Gasteiger partial charge on any atom is 0.323 e. The second-order valence-electron chi connectivity index (χ2n) is 4.94. The van der Waals surface area contributed by atoms with Gasteiger partial charge < -0.3 is 9.47 Å². The highest BCUT2D eigenvalue weighted by atomic mass is 16.5. The van der Waals surface area contributed by atoms with Crippen molar-refractivity contribution in [3.63, 3.8) is 0 Å². The van der Waals surface area contributed by atoms with Crippen LogP contribution in [0.25, 0.3) is 0 Å². The Morgan fingerprint density at radius 1 is 1.35 bits per heavy atom. The molecule has 0 saturated carbocycles. The fourth-order valence-corrected chi connectivity index (χ4v) is 2.52. The highest BCUT2D eigenvalue weighted by Crippen LogP contribution is 2.25. The van der Waals surface area contributed by atoms with Crippen molar-refractivity contribution in [2.45, 2.75) is 25.9 Å². The predicted octanol–water partition coefficient (Wildman–Crippen LogP) is 2.39. The minimum Gasteiger partial charge on any atom is -0.497 e. The lowest BCUT2D eigenvalue weighted by Gasteiger charge is -2.21. The van der Waals surface area contributed by atoms with Gasteiger partial charge in [0.1, 0.15) is 11.8 Å². The quantitative estimate of drug-likeness (QED) is 0.625. The third-order valence-corrected chi connectivity index (χ3v) is 3.73. The summed E-state index contributed by atoms with van der Waals surface area (Å²) in [6, 6.07) is 7.76. The lowest BCUT2D eigenvalue weighted by molar-refractivity contribution is -0.146. The Morgan fingerprint density at radius 3 is 2.60 bits per heavy atom. The van der Waals surface area contributed by atoms with Gasteiger partial charge in [0.2, 0.25) is 0 Å². The Bertz CT molecular complexity index is 493. The summed E-state index contributed by atoms with van der Waals surface area (Å²) in [6.07, 6.45) is 2.85. The SMILES string of the molecule is C/C=C1\C[C@@H](C(=O)OC)N(Cc2ccc(OC)cc2)C1. The average Bonchev–Trinajstić information content (AvgIpc) is 2.90. The number of carbonyl (C=O) groups excluding carboxylic acids is 1. The topological polar surface area (TPSA) is 38.8 Å². The van der Waals surface area contributed by atoms with Crippen LogP contribution in [0.3, 0.4) is 0 Å². The molecule has 1 saturated heterocycles. The van der Waals surface area contributed by atoms with E-state index >= 15 is 0 Å². The summed E-state index contributed by atoms with van der Waals surface area (Å²) >= 11 is 0. The van der Waals surface area contributed by atoms with Crippen LogP contribution in [0.2, 0.25) is 0 Å². The molecule has 1 heterocycles. The van der Waals surface area contributed by atoms with Crippen molar-refractivity contribution >= 4 is 5.97 Å². The molecule has 0 bridgehead atoms. The Hall–Kier alpha value is -1.81. The summed E-state index contributed by atoms with van der Waals surface area (Å²) in [4.78, 5) is 14.0. The van der Waals surface area contributed by atoms with E-state index in [1.807, 2.05) is 31.2 Å². The van der Waals surface area contributed by atoms with Crippen LogP contribution in [0.1, 0.15) is 18.9 Å². The number of likely N-dealkylation sites (tertiary alicyclic amines) is 1. The molecule has 1 aliphatic heterocycles. The maximum absolute atomic E-state index is 11.9. The van der Waals surface area contributed by atoms with Gasteiger partial charge in [-0.15, -0.1) is 0 Å². The molecule has 0 amide bonds. The molecule has 1 aliphatic rings. The van der Waals surface area contributed by atoms with E-state index in [2.05, 4.69) is 11.0 Å². The fourth-order valence-electron chi connectivity index (χ4n) is 2.52. The number of nitrogens with zero attached hydrogens (tertiary/aromatic N) is 1. The average molecular weight is 275 g/mol. The number of carbonyl (C=O) groups is 1. The Morgan fingerprint density at radius 2 is 2.05 bits per heavy atom. The molecule has 0 N–H and O–H groups in total. The van der Waals surface area contributed by atoms with Gasteiger partial charge in [0.15, 0.2) is 0 Å². The number of hydrogen-bond acceptors (Lipinski definition) is 4. The number of esters is 1. The van der Waals surface area contributed by atoms with Gasteiger partial charge in [-0.2, -0.15) is 0 Å². The molecular weight excluding hydrogens is 254 g/mol. The summed E-state index contributed by atoms with van der Waals surface area (Å²) in [6.45, 7) is 3.57. The molecule has 4 nitrogen and oxygen atoms in total. The molecule has 1 aromatic rings. The van der Waals surface area contributed by atoms with Crippen LogP contribution >= 0.6 is 0 Å². The highest BCUT2D eigenvalue weighted by Gasteiger charge is 2.33. The third kappa shape index (κ3) is 3.20. The van der Waals surface area contributed by atoms with Gasteiger partial charge in [-0.25, -0.2) is 0 Å². The van der Waals surface area contributed by atoms with Crippen LogP contribution in [0, 0.1) is 0 Å². The van der Waals surface area contributed by atoms with Gasteiger partial charge in [0.25, 0.3) is 0 Å². The highest BCUT2D eigenvalue weighted by molar-refractivity contribution is 5.76. The molecule has 0 aliphatic carbocycles. The van der Waals surface area contributed by atoms with Gasteiger partial charge in [0.05, 0.1) is 14.2 Å². The standard InChI is InChI=1S/C16H21NO3/c1-4-12-9-15(16(18)20-3)17(10-12)11-13-5-7-14(19-2)8-6-13/h4-8,15H,9-11H2,1-3H3/b12-4+/t15-/m0/s1. The fraction of sp³-hybridized carbons (Fsp3) is 0.438. The molecule has 2 rings (SSSR count). The van der Waals surface area contributed by atoms with E-state index in [4.69, 9.17) is 9.47 Å². The summed E-state index contributed by atoms with van der Waals surface area (Å²) in [7, 11) is 3.10. The van der Waals surface area contributed by atoms with E-state index in [-0.39, 0.29) is 12.0 Å². The summed E-state index contributed by atoms with van der Waals surface area (Å²) in [5, 5.41) is 0.